The van der Waals surface area contributed by atoms with Crippen molar-refractivity contribution in [2.24, 2.45) is 0 Å². The number of nitrogens with zero attached hydrogens (tertiary/aromatic N) is 2. The molecule has 27 heavy (non-hydrogen) atoms. The largest absolute Gasteiger partial charge is 0.458 e. The number of aryl methyl sites for hydroxylation is 3. The number of nitrogens with one attached hydrogen (secondary N) is 1. The Labute approximate surface area is 167 Å². The predicted octanol–water partition coefficient (Wildman–Crippen LogP) is 5.63. The zero-order valence-corrected chi connectivity index (χ0v) is 17.6. The van der Waals surface area contributed by atoms with Crippen LogP contribution in [-0.2, 0) is 4.74 Å². The first kappa shape index (κ1) is 19.3. The van der Waals surface area contributed by atoms with Crippen LogP contribution in [0.2, 0.25) is 0 Å². The van der Waals surface area contributed by atoms with Crippen LogP contribution in [0.5, 0.6) is 0 Å². The fraction of sp³-hybridized carbons (Fsp3) is 0.286. The van der Waals surface area contributed by atoms with Crippen molar-refractivity contribution in [1.82, 2.24) is 9.97 Å². The van der Waals surface area contributed by atoms with Crippen LogP contribution in [0, 0.1) is 20.8 Å². The van der Waals surface area contributed by atoms with Crippen LogP contribution in [0.4, 0.5) is 11.5 Å². The van der Waals surface area contributed by atoms with Crippen molar-refractivity contribution in [3.63, 3.8) is 0 Å². The number of benzene rings is 2. The van der Waals surface area contributed by atoms with Crippen LogP contribution in [0.25, 0.3) is 11.0 Å². The van der Waals surface area contributed by atoms with Crippen molar-refractivity contribution in [3.05, 3.63) is 57.2 Å². The molecule has 2 aromatic carbocycles. The number of anilines is 2. The van der Waals surface area contributed by atoms with Gasteiger partial charge in [-0.2, -0.15) is 0 Å². The van der Waals surface area contributed by atoms with Gasteiger partial charge in [-0.15, -0.1) is 0 Å². The van der Waals surface area contributed by atoms with Gasteiger partial charge in [0, 0.05) is 10.2 Å². The van der Waals surface area contributed by atoms with Crippen LogP contribution in [0.15, 0.2) is 34.8 Å². The molecule has 0 amide bonds. The van der Waals surface area contributed by atoms with Gasteiger partial charge in [0.1, 0.15) is 0 Å². The Hall–Kier alpha value is -2.47. The maximum absolute atomic E-state index is 12.6. The lowest BCUT2D eigenvalue weighted by molar-refractivity contribution is 0.0372. The quantitative estimate of drug-likeness (QED) is 0.546. The first-order valence-corrected chi connectivity index (χ1v) is 9.57. The third kappa shape index (κ3) is 4.27. The molecule has 1 N–H and O–H groups in total. The van der Waals surface area contributed by atoms with E-state index in [0.29, 0.717) is 11.3 Å². The summed E-state index contributed by atoms with van der Waals surface area (Å²) in [5.41, 5.74) is 5.71. The van der Waals surface area contributed by atoms with E-state index in [1.807, 2.05) is 65.0 Å². The van der Waals surface area contributed by atoms with Gasteiger partial charge in [-0.1, -0.05) is 15.9 Å². The highest BCUT2D eigenvalue weighted by Gasteiger charge is 2.20. The van der Waals surface area contributed by atoms with E-state index in [2.05, 4.69) is 31.2 Å². The molecule has 5 nitrogen and oxygen atoms in total. The molecule has 0 unspecified atom stereocenters. The third-order valence-corrected chi connectivity index (χ3v) is 5.13. The lowest BCUT2D eigenvalue weighted by atomic mass is 10.1. The molecule has 1 heterocycles. The number of carbonyl (C=O) groups excluding carboxylic acids is 1. The maximum Gasteiger partial charge on any atom is 0.361 e. The highest BCUT2D eigenvalue weighted by Crippen LogP contribution is 2.26. The molecule has 0 bridgehead atoms. The van der Waals surface area contributed by atoms with Gasteiger partial charge >= 0.3 is 5.97 Å². The van der Waals surface area contributed by atoms with Gasteiger partial charge in [0.15, 0.2) is 11.5 Å². The summed E-state index contributed by atoms with van der Waals surface area (Å²) >= 11 is 3.50. The second-order valence-corrected chi connectivity index (χ2v) is 7.74. The van der Waals surface area contributed by atoms with Crippen molar-refractivity contribution < 1.29 is 9.53 Å². The lowest BCUT2D eigenvalue weighted by Crippen LogP contribution is -2.16. The van der Waals surface area contributed by atoms with Crippen molar-refractivity contribution in [2.45, 2.75) is 40.7 Å². The molecule has 0 saturated heterocycles. The van der Waals surface area contributed by atoms with Crippen LogP contribution in [0.1, 0.15) is 41.0 Å². The summed E-state index contributed by atoms with van der Waals surface area (Å²) < 4.78 is 6.39. The fourth-order valence-corrected chi connectivity index (χ4v) is 2.92. The van der Waals surface area contributed by atoms with Gasteiger partial charge in [0.05, 0.1) is 17.1 Å². The Kier molecular flexibility index (Phi) is 5.46. The first-order valence-electron chi connectivity index (χ1n) is 8.77. The molecule has 6 heteroatoms. The first-order chi connectivity index (χ1) is 12.7. The molecule has 3 rings (SSSR count). The number of esters is 1. The summed E-state index contributed by atoms with van der Waals surface area (Å²) in [7, 11) is 0. The molecule has 0 atom stereocenters. The highest BCUT2D eigenvalue weighted by atomic mass is 79.9. The monoisotopic (exact) mass is 427 g/mol. The molecule has 0 radical (unpaired) electrons. The Morgan fingerprint density at radius 3 is 2.22 bits per heavy atom. The maximum atomic E-state index is 12.6. The summed E-state index contributed by atoms with van der Waals surface area (Å²) in [5, 5.41) is 3.23. The third-order valence-electron chi connectivity index (χ3n) is 4.24. The Morgan fingerprint density at radius 1 is 1.00 bits per heavy atom. The van der Waals surface area contributed by atoms with Gasteiger partial charge in [0.25, 0.3) is 0 Å². The average Bonchev–Trinajstić information content (AvgIpc) is 2.58. The van der Waals surface area contributed by atoms with Gasteiger partial charge < -0.3 is 10.1 Å². The Morgan fingerprint density at radius 2 is 1.63 bits per heavy atom. The Bertz CT molecular complexity index is 1030. The molecule has 0 saturated carbocycles. The van der Waals surface area contributed by atoms with Gasteiger partial charge in [-0.25, -0.2) is 14.8 Å². The zero-order chi connectivity index (χ0) is 19.7. The highest BCUT2D eigenvalue weighted by molar-refractivity contribution is 9.10. The summed E-state index contributed by atoms with van der Waals surface area (Å²) in [4.78, 5) is 21.8. The molecule has 140 valence electrons. The van der Waals surface area contributed by atoms with Crippen LogP contribution in [-0.4, -0.2) is 22.0 Å². The fourth-order valence-electron chi connectivity index (χ4n) is 2.67. The summed E-state index contributed by atoms with van der Waals surface area (Å²) in [6, 6.07) is 9.77. The molecule has 0 aliphatic heterocycles. The van der Waals surface area contributed by atoms with Crippen molar-refractivity contribution in [3.8, 4) is 0 Å². The molecule has 0 spiro atoms. The van der Waals surface area contributed by atoms with Crippen molar-refractivity contribution in [2.75, 3.05) is 5.32 Å². The second kappa shape index (κ2) is 7.64. The van der Waals surface area contributed by atoms with Crippen LogP contribution < -0.4 is 5.32 Å². The standard InChI is InChI=1S/C21H22BrN3O2/c1-11(2)27-21(26)19-20(23-15-6-7-16(22)14(5)8-15)25-18-10-13(4)12(3)9-17(18)24-19/h6-11H,1-5H3,(H,23,25). The number of fused-ring (bicyclic) bond motifs is 1. The molecule has 3 aromatic rings. The molecule has 0 fully saturated rings. The van der Waals surface area contributed by atoms with Crippen LogP contribution in [0.3, 0.4) is 0 Å². The normalized spacial score (nSPS) is 11.1. The van der Waals surface area contributed by atoms with E-state index in [-0.39, 0.29) is 11.8 Å². The number of halogens is 1. The topological polar surface area (TPSA) is 64.1 Å². The van der Waals surface area contributed by atoms with E-state index in [0.717, 1.165) is 32.4 Å². The minimum atomic E-state index is -0.492. The van der Waals surface area contributed by atoms with E-state index >= 15 is 0 Å². The molecular formula is C21H22BrN3O2. The zero-order valence-electron chi connectivity index (χ0n) is 16.1. The van der Waals surface area contributed by atoms with Crippen molar-refractivity contribution in [1.29, 1.82) is 0 Å². The molecular weight excluding hydrogens is 406 g/mol. The van der Waals surface area contributed by atoms with Gasteiger partial charge in [0.2, 0.25) is 0 Å². The number of hydrogen-bond acceptors (Lipinski definition) is 5. The predicted molar refractivity (Wildman–Crippen MR) is 112 cm³/mol. The number of rotatable bonds is 4. The minimum Gasteiger partial charge on any atom is -0.458 e. The second-order valence-electron chi connectivity index (χ2n) is 6.89. The van der Waals surface area contributed by atoms with Gasteiger partial charge in [-0.05, 0) is 81.6 Å². The smallest absolute Gasteiger partial charge is 0.361 e. The number of carbonyl (C=O) groups is 1. The molecule has 0 aliphatic rings. The summed E-state index contributed by atoms with van der Waals surface area (Å²) in [5.74, 6) is -0.105. The molecule has 1 aromatic heterocycles. The number of ether oxygens (including phenoxy) is 1. The molecule has 0 aliphatic carbocycles. The van der Waals surface area contributed by atoms with E-state index in [1.165, 1.54) is 0 Å². The summed E-state index contributed by atoms with van der Waals surface area (Å²) in [6.45, 7) is 9.67. The van der Waals surface area contributed by atoms with Crippen molar-refractivity contribution >= 4 is 44.4 Å². The van der Waals surface area contributed by atoms with Crippen LogP contribution >= 0.6 is 15.9 Å². The lowest BCUT2D eigenvalue weighted by Gasteiger charge is -2.14. The van der Waals surface area contributed by atoms with Gasteiger partial charge in [-0.3, -0.25) is 0 Å². The van der Waals surface area contributed by atoms with E-state index < -0.39 is 5.97 Å². The average molecular weight is 428 g/mol. The minimum absolute atomic E-state index is 0.181. The SMILES string of the molecule is Cc1cc2nc(Nc3ccc(Br)c(C)c3)c(C(=O)OC(C)C)nc2cc1C. The van der Waals surface area contributed by atoms with E-state index in [4.69, 9.17) is 4.74 Å². The van der Waals surface area contributed by atoms with E-state index in [1.54, 1.807) is 0 Å². The Balaban J connectivity index is 2.13. The summed E-state index contributed by atoms with van der Waals surface area (Å²) in [6.07, 6.45) is -0.238. The van der Waals surface area contributed by atoms with E-state index in [9.17, 15) is 4.79 Å². The number of hydrogen-bond donors (Lipinski definition) is 1. The number of aromatic nitrogens is 2.